The molecule has 1 saturated heterocycles. The highest BCUT2D eigenvalue weighted by Gasteiger charge is 2.18. The van der Waals surface area contributed by atoms with E-state index in [0.29, 0.717) is 12.6 Å². The summed E-state index contributed by atoms with van der Waals surface area (Å²) in [6.45, 7) is 6.18. The summed E-state index contributed by atoms with van der Waals surface area (Å²) >= 11 is 0. The van der Waals surface area contributed by atoms with Gasteiger partial charge in [-0.25, -0.2) is 4.79 Å². The highest BCUT2D eigenvalue weighted by molar-refractivity contribution is 5.89. The zero-order valence-electron chi connectivity index (χ0n) is 14.4. The van der Waals surface area contributed by atoms with Crippen molar-refractivity contribution >= 4 is 11.7 Å². The number of morpholine rings is 1. The summed E-state index contributed by atoms with van der Waals surface area (Å²) in [4.78, 5) is 18.4. The van der Waals surface area contributed by atoms with Crippen molar-refractivity contribution in [1.29, 1.82) is 0 Å². The fourth-order valence-electron chi connectivity index (χ4n) is 2.88. The standard InChI is InChI=1S/C19H24N4O2/c1-15(23-10-12-25-13-11-23)17-2-4-18(5-3-17)22-19(24)21-14-16-6-8-20-9-7-16/h2-9,15H,10-14H2,1H3,(H2,21,22,24). The number of urea groups is 1. The highest BCUT2D eigenvalue weighted by Crippen LogP contribution is 2.22. The number of anilines is 1. The molecule has 1 aliphatic heterocycles. The number of nitrogens with zero attached hydrogens (tertiary/aromatic N) is 2. The van der Waals surface area contributed by atoms with Crippen molar-refractivity contribution in [2.24, 2.45) is 0 Å². The average Bonchev–Trinajstić information content (AvgIpc) is 2.68. The second kappa shape index (κ2) is 8.60. The van der Waals surface area contributed by atoms with Crippen LogP contribution in [0.15, 0.2) is 48.8 Å². The maximum Gasteiger partial charge on any atom is 0.319 e. The van der Waals surface area contributed by atoms with Crippen molar-refractivity contribution in [3.63, 3.8) is 0 Å². The van der Waals surface area contributed by atoms with E-state index < -0.39 is 0 Å². The number of carbonyl (C=O) groups is 1. The van der Waals surface area contributed by atoms with E-state index in [-0.39, 0.29) is 6.03 Å². The Bertz CT molecular complexity index is 670. The minimum absolute atomic E-state index is 0.217. The van der Waals surface area contributed by atoms with Gasteiger partial charge in [-0.2, -0.15) is 0 Å². The first-order chi connectivity index (χ1) is 12.2. The van der Waals surface area contributed by atoms with Crippen LogP contribution in [0.2, 0.25) is 0 Å². The van der Waals surface area contributed by atoms with Gasteiger partial charge in [-0.15, -0.1) is 0 Å². The number of nitrogens with one attached hydrogen (secondary N) is 2. The molecule has 6 nitrogen and oxygen atoms in total. The fraction of sp³-hybridized carbons (Fsp3) is 0.368. The van der Waals surface area contributed by atoms with Crippen LogP contribution in [-0.2, 0) is 11.3 Å². The van der Waals surface area contributed by atoms with Crippen LogP contribution in [0.5, 0.6) is 0 Å². The molecule has 25 heavy (non-hydrogen) atoms. The Kier molecular flexibility index (Phi) is 5.98. The van der Waals surface area contributed by atoms with Crippen molar-refractivity contribution in [3.8, 4) is 0 Å². The van der Waals surface area contributed by atoms with Gasteiger partial charge in [0.2, 0.25) is 0 Å². The van der Waals surface area contributed by atoms with Crippen molar-refractivity contribution < 1.29 is 9.53 Å². The molecule has 6 heteroatoms. The number of benzene rings is 1. The van der Waals surface area contributed by atoms with E-state index in [1.54, 1.807) is 12.4 Å². The summed E-state index contributed by atoms with van der Waals surface area (Å²) in [6.07, 6.45) is 3.42. The van der Waals surface area contributed by atoms with Crippen molar-refractivity contribution in [1.82, 2.24) is 15.2 Å². The Balaban J connectivity index is 1.50. The second-order valence-electron chi connectivity index (χ2n) is 6.11. The van der Waals surface area contributed by atoms with Crippen molar-refractivity contribution in [3.05, 3.63) is 59.9 Å². The van der Waals surface area contributed by atoms with Crippen LogP contribution >= 0.6 is 0 Å². The Labute approximate surface area is 148 Å². The summed E-state index contributed by atoms with van der Waals surface area (Å²) < 4.78 is 5.40. The molecule has 0 aliphatic carbocycles. The van der Waals surface area contributed by atoms with E-state index in [0.717, 1.165) is 37.6 Å². The van der Waals surface area contributed by atoms with Gasteiger partial charge in [-0.1, -0.05) is 12.1 Å². The van der Waals surface area contributed by atoms with Gasteiger partial charge in [0.05, 0.1) is 13.2 Å². The Morgan fingerprint density at radius 1 is 1.16 bits per heavy atom. The topological polar surface area (TPSA) is 66.5 Å². The van der Waals surface area contributed by atoms with Crippen LogP contribution < -0.4 is 10.6 Å². The van der Waals surface area contributed by atoms with E-state index in [9.17, 15) is 4.79 Å². The maximum absolute atomic E-state index is 12.0. The van der Waals surface area contributed by atoms with Gasteiger partial charge < -0.3 is 15.4 Å². The van der Waals surface area contributed by atoms with E-state index in [2.05, 4.69) is 39.6 Å². The summed E-state index contributed by atoms with van der Waals surface area (Å²) in [6, 6.07) is 11.9. The number of hydrogen-bond acceptors (Lipinski definition) is 4. The number of rotatable bonds is 5. The molecule has 0 bridgehead atoms. The summed E-state index contributed by atoms with van der Waals surface area (Å²) in [5.41, 5.74) is 3.04. The molecule has 3 rings (SSSR count). The van der Waals surface area contributed by atoms with Crippen molar-refractivity contribution in [2.75, 3.05) is 31.6 Å². The third-order valence-electron chi connectivity index (χ3n) is 4.45. The normalized spacial score (nSPS) is 16.2. The molecule has 2 heterocycles. The van der Waals surface area contributed by atoms with Gasteiger partial charge in [0, 0.05) is 43.8 Å². The lowest BCUT2D eigenvalue weighted by molar-refractivity contribution is 0.0198. The predicted octanol–water partition coefficient (Wildman–Crippen LogP) is 2.80. The molecule has 1 aliphatic rings. The van der Waals surface area contributed by atoms with Gasteiger partial charge in [-0.05, 0) is 42.3 Å². The van der Waals surface area contributed by atoms with Crippen molar-refractivity contribution in [2.45, 2.75) is 19.5 Å². The molecule has 0 saturated carbocycles. The number of ether oxygens (including phenoxy) is 1. The molecule has 1 aromatic heterocycles. The lowest BCUT2D eigenvalue weighted by Gasteiger charge is -2.32. The lowest BCUT2D eigenvalue weighted by Crippen LogP contribution is -2.38. The van der Waals surface area contributed by atoms with E-state index in [1.165, 1.54) is 5.56 Å². The Morgan fingerprint density at radius 3 is 2.52 bits per heavy atom. The molecule has 2 aromatic rings. The first-order valence-electron chi connectivity index (χ1n) is 8.58. The zero-order chi connectivity index (χ0) is 17.5. The van der Waals surface area contributed by atoms with E-state index in [1.807, 2.05) is 24.3 Å². The van der Waals surface area contributed by atoms with Gasteiger partial charge in [-0.3, -0.25) is 9.88 Å². The summed E-state index contributed by atoms with van der Waals surface area (Å²) in [5.74, 6) is 0. The Morgan fingerprint density at radius 2 is 1.84 bits per heavy atom. The Hall–Kier alpha value is -2.44. The molecule has 0 spiro atoms. The van der Waals surface area contributed by atoms with Gasteiger partial charge >= 0.3 is 6.03 Å². The monoisotopic (exact) mass is 340 g/mol. The number of amides is 2. The van der Waals surface area contributed by atoms with Gasteiger partial charge in [0.1, 0.15) is 0 Å². The molecular formula is C19H24N4O2. The molecule has 2 N–H and O–H groups in total. The molecule has 2 amide bonds. The minimum atomic E-state index is -0.217. The molecule has 0 radical (unpaired) electrons. The minimum Gasteiger partial charge on any atom is -0.379 e. The third kappa shape index (κ3) is 5.01. The predicted molar refractivity (Wildman–Crippen MR) is 97.3 cm³/mol. The zero-order valence-corrected chi connectivity index (χ0v) is 14.4. The molecule has 1 aromatic carbocycles. The van der Waals surface area contributed by atoms with Crippen LogP contribution in [-0.4, -0.2) is 42.2 Å². The largest absolute Gasteiger partial charge is 0.379 e. The number of hydrogen-bond donors (Lipinski definition) is 2. The second-order valence-corrected chi connectivity index (χ2v) is 6.11. The van der Waals surface area contributed by atoms with E-state index >= 15 is 0 Å². The van der Waals surface area contributed by atoms with Gasteiger partial charge in [0.15, 0.2) is 0 Å². The molecule has 132 valence electrons. The fourth-order valence-corrected chi connectivity index (χ4v) is 2.88. The van der Waals surface area contributed by atoms with Crippen LogP contribution in [0.1, 0.15) is 24.1 Å². The van der Waals surface area contributed by atoms with Crippen LogP contribution in [0, 0.1) is 0 Å². The SMILES string of the molecule is CC(c1ccc(NC(=O)NCc2ccncc2)cc1)N1CCOCC1. The molecular weight excluding hydrogens is 316 g/mol. The van der Waals surface area contributed by atoms with Crippen LogP contribution in [0.25, 0.3) is 0 Å². The molecule has 1 atom stereocenters. The quantitative estimate of drug-likeness (QED) is 0.878. The smallest absolute Gasteiger partial charge is 0.319 e. The van der Waals surface area contributed by atoms with Crippen LogP contribution in [0.4, 0.5) is 10.5 Å². The molecule has 1 unspecified atom stereocenters. The number of pyridine rings is 1. The first kappa shape index (κ1) is 17.4. The van der Waals surface area contributed by atoms with E-state index in [4.69, 9.17) is 4.74 Å². The third-order valence-corrected chi connectivity index (χ3v) is 4.45. The highest BCUT2D eigenvalue weighted by atomic mass is 16.5. The van der Waals surface area contributed by atoms with Crippen LogP contribution in [0.3, 0.4) is 0 Å². The van der Waals surface area contributed by atoms with Gasteiger partial charge in [0.25, 0.3) is 0 Å². The summed E-state index contributed by atoms with van der Waals surface area (Å²) in [7, 11) is 0. The lowest BCUT2D eigenvalue weighted by atomic mass is 10.1. The number of aromatic nitrogens is 1. The number of carbonyl (C=O) groups excluding carboxylic acids is 1. The maximum atomic E-state index is 12.0. The summed E-state index contributed by atoms with van der Waals surface area (Å²) in [5, 5.41) is 5.70. The first-order valence-corrected chi connectivity index (χ1v) is 8.58. The molecule has 1 fully saturated rings. The average molecular weight is 340 g/mol.